The number of amides is 3. The van der Waals surface area contributed by atoms with Crippen LogP contribution >= 0.6 is 0 Å². The van der Waals surface area contributed by atoms with Crippen LogP contribution in [0.3, 0.4) is 0 Å². The number of urea groups is 1. The topological polar surface area (TPSA) is 61.7 Å². The summed E-state index contributed by atoms with van der Waals surface area (Å²) in [7, 11) is 5.38. The van der Waals surface area contributed by atoms with Gasteiger partial charge in [-0.25, -0.2) is 4.79 Å². The third-order valence-corrected chi connectivity index (χ3v) is 6.13. The second-order valence-corrected chi connectivity index (χ2v) is 8.10. The van der Waals surface area contributed by atoms with E-state index in [2.05, 4.69) is 24.2 Å². The number of hydrogen-bond acceptors (Lipinski definition) is 3. The fourth-order valence-corrected chi connectivity index (χ4v) is 4.73. The lowest BCUT2D eigenvalue weighted by molar-refractivity contribution is 0.0755. The minimum atomic E-state index is -0.00885. The number of aryl methyl sites for hydroxylation is 2. The van der Waals surface area contributed by atoms with Crippen LogP contribution in [0.4, 0.5) is 4.79 Å². The molecule has 2 aliphatic heterocycles. The number of rotatable bonds is 2. The number of hydrogen-bond donors (Lipinski definition) is 0. The number of nitrogens with zero attached hydrogens (tertiary/aromatic N) is 5. The molecular formula is C21H27N5O2. The molecule has 2 aromatic rings. The molecule has 0 unspecified atom stereocenters. The van der Waals surface area contributed by atoms with Crippen LogP contribution in [0, 0.1) is 18.8 Å². The maximum absolute atomic E-state index is 13.0. The van der Waals surface area contributed by atoms with Gasteiger partial charge in [0.2, 0.25) is 0 Å². The fraction of sp³-hybridized carbons (Fsp3) is 0.476. The van der Waals surface area contributed by atoms with Crippen LogP contribution in [-0.4, -0.2) is 70.1 Å². The predicted octanol–water partition coefficient (Wildman–Crippen LogP) is 2.16. The van der Waals surface area contributed by atoms with Crippen LogP contribution in [0.1, 0.15) is 27.7 Å². The molecule has 2 aliphatic rings. The van der Waals surface area contributed by atoms with E-state index in [0.29, 0.717) is 25.3 Å². The van der Waals surface area contributed by atoms with E-state index in [1.807, 2.05) is 21.9 Å². The molecule has 3 amide bonds. The predicted molar refractivity (Wildman–Crippen MR) is 106 cm³/mol. The number of fused-ring (bicyclic) bond motifs is 1. The quantitative estimate of drug-likeness (QED) is 0.801. The molecular weight excluding hydrogens is 354 g/mol. The molecule has 2 saturated heterocycles. The third kappa shape index (κ3) is 2.95. The summed E-state index contributed by atoms with van der Waals surface area (Å²) < 4.78 is 1.62. The first-order valence-corrected chi connectivity index (χ1v) is 9.69. The maximum atomic E-state index is 13.0. The molecule has 28 heavy (non-hydrogen) atoms. The van der Waals surface area contributed by atoms with E-state index in [0.717, 1.165) is 0 Å². The Bertz CT molecular complexity index is 906. The van der Waals surface area contributed by atoms with E-state index >= 15 is 0 Å². The van der Waals surface area contributed by atoms with Crippen molar-refractivity contribution in [2.75, 3.05) is 33.7 Å². The Labute approximate surface area is 165 Å². The summed E-state index contributed by atoms with van der Waals surface area (Å²) in [6.07, 6.45) is 1.65. The van der Waals surface area contributed by atoms with E-state index < -0.39 is 0 Å². The smallest absolute Gasteiger partial charge is 0.320 e. The van der Waals surface area contributed by atoms with Gasteiger partial charge in [-0.1, -0.05) is 24.3 Å². The van der Waals surface area contributed by atoms with Crippen LogP contribution < -0.4 is 0 Å². The van der Waals surface area contributed by atoms with Crippen molar-refractivity contribution >= 4 is 11.9 Å². The third-order valence-electron chi connectivity index (χ3n) is 6.13. The average Bonchev–Trinajstić information content (AvgIpc) is 3.35. The summed E-state index contributed by atoms with van der Waals surface area (Å²) in [5.74, 6) is 0.538. The minimum absolute atomic E-state index is 0.00885. The molecule has 7 heteroatoms. The SMILES string of the molecule is Cc1ccccc1[C@H]1[C@@H]2CN(C(=O)c3ccnn3C)C[C@@H]2CN1C(=O)N(C)C. The molecule has 3 atom stereocenters. The normalized spacial score (nSPS) is 23.8. The minimum Gasteiger partial charge on any atom is -0.337 e. The zero-order valence-electron chi connectivity index (χ0n) is 16.9. The van der Waals surface area contributed by atoms with Gasteiger partial charge in [-0.3, -0.25) is 9.48 Å². The Kier molecular flexibility index (Phi) is 4.61. The lowest BCUT2D eigenvalue weighted by Crippen LogP contribution is -2.42. The number of carbonyl (C=O) groups excluding carboxylic acids is 2. The van der Waals surface area contributed by atoms with Gasteiger partial charge in [0.05, 0.1) is 6.04 Å². The van der Waals surface area contributed by atoms with Gasteiger partial charge in [0, 0.05) is 58.8 Å². The molecule has 2 fully saturated rings. The van der Waals surface area contributed by atoms with E-state index in [1.54, 1.807) is 43.0 Å². The van der Waals surface area contributed by atoms with Crippen LogP contribution in [0.2, 0.25) is 0 Å². The molecule has 0 radical (unpaired) electrons. The largest absolute Gasteiger partial charge is 0.337 e. The summed E-state index contributed by atoms with van der Waals surface area (Å²) in [5, 5.41) is 4.12. The van der Waals surface area contributed by atoms with E-state index in [4.69, 9.17) is 0 Å². The van der Waals surface area contributed by atoms with Gasteiger partial charge in [0.15, 0.2) is 0 Å². The molecule has 7 nitrogen and oxygen atoms in total. The van der Waals surface area contributed by atoms with Gasteiger partial charge < -0.3 is 14.7 Å². The zero-order valence-corrected chi connectivity index (χ0v) is 16.9. The van der Waals surface area contributed by atoms with Gasteiger partial charge in [0.1, 0.15) is 5.69 Å². The van der Waals surface area contributed by atoms with Gasteiger partial charge in [0.25, 0.3) is 5.91 Å². The number of benzene rings is 1. The summed E-state index contributed by atoms with van der Waals surface area (Å²) in [6.45, 7) is 4.10. The first-order valence-electron chi connectivity index (χ1n) is 9.69. The van der Waals surface area contributed by atoms with Crippen LogP contribution in [-0.2, 0) is 7.05 Å². The standard InChI is InChI=1S/C21H27N5O2/c1-14-7-5-6-8-16(14)19-17-13-25(20(27)18-9-10-22-24(18)4)11-15(17)12-26(19)21(28)23(2)3/h5-10,15,17,19H,11-13H2,1-4H3/t15-,17-,19+/m1/s1. The van der Waals surface area contributed by atoms with Crippen LogP contribution in [0.15, 0.2) is 36.5 Å². The lowest BCUT2D eigenvalue weighted by atomic mass is 9.88. The highest BCUT2D eigenvalue weighted by Crippen LogP contribution is 2.46. The van der Waals surface area contributed by atoms with E-state index in [-0.39, 0.29) is 29.8 Å². The molecule has 0 saturated carbocycles. The number of carbonyl (C=O) groups is 2. The van der Waals surface area contributed by atoms with Crippen LogP contribution in [0.5, 0.6) is 0 Å². The van der Waals surface area contributed by atoms with Crippen molar-refractivity contribution < 1.29 is 9.59 Å². The summed E-state index contributed by atoms with van der Waals surface area (Å²) >= 11 is 0. The van der Waals surface area contributed by atoms with Gasteiger partial charge in [-0.2, -0.15) is 5.10 Å². The fourth-order valence-electron chi connectivity index (χ4n) is 4.73. The van der Waals surface area contributed by atoms with Crippen molar-refractivity contribution in [3.63, 3.8) is 0 Å². The van der Waals surface area contributed by atoms with E-state index in [1.165, 1.54) is 11.1 Å². The van der Waals surface area contributed by atoms with Gasteiger partial charge >= 0.3 is 6.03 Å². The van der Waals surface area contributed by atoms with Crippen molar-refractivity contribution in [3.8, 4) is 0 Å². The molecule has 0 spiro atoms. The first kappa shape index (κ1) is 18.5. The monoisotopic (exact) mass is 381 g/mol. The van der Waals surface area contributed by atoms with Crippen molar-refractivity contribution in [2.45, 2.75) is 13.0 Å². The Hall–Kier alpha value is -2.83. The zero-order chi connectivity index (χ0) is 20.0. The molecule has 1 aromatic carbocycles. The second kappa shape index (κ2) is 6.96. The molecule has 0 bridgehead atoms. The number of aromatic nitrogens is 2. The second-order valence-electron chi connectivity index (χ2n) is 8.10. The van der Waals surface area contributed by atoms with Gasteiger partial charge in [-0.05, 0) is 24.1 Å². The number of likely N-dealkylation sites (tertiary alicyclic amines) is 2. The highest BCUT2D eigenvalue weighted by molar-refractivity contribution is 5.92. The van der Waals surface area contributed by atoms with Crippen LogP contribution in [0.25, 0.3) is 0 Å². The first-order chi connectivity index (χ1) is 13.4. The lowest BCUT2D eigenvalue weighted by Gasteiger charge is -2.32. The maximum Gasteiger partial charge on any atom is 0.320 e. The molecule has 0 aliphatic carbocycles. The molecule has 148 valence electrons. The Morgan fingerprint density at radius 3 is 2.50 bits per heavy atom. The summed E-state index contributed by atoms with van der Waals surface area (Å²) in [4.78, 5) is 31.4. The highest BCUT2D eigenvalue weighted by atomic mass is 16.2. The molecule has 4 rings (SSSR count). The Morgan fingerprint density at radius 1 is 1.11 bits per heavy atom. The summed E-state index contributed by atoms with van der Waals surface area (Å²) in [5.41, 5.74) is 2.97. The molecule has 1 aromatic heterocycles. The molecule has 0 N–H and O–H groups in total. The summed E-state index contributed by atoms with van der Waals surface area (Å²) in [6, 6.07) is 10.0. The van der Waals surface area contributed by atoms with Gasteiger partial charge in [-0.15, -0.1) is 0 Å². The average molecular weight is 381 g/mol. The van der Waals surface area contributed by atoms with Crippen molar-refractivity contribution in [2.24, 2.45) is 18.9 Å². The molecule has 3 heterocycles. The Morgan fingerprint density at radius 2 is 1.86 bits per heavy atom. The highest BCUT2D eigenvalue weighted by Gasteiger charge is 2.50. The van der Waals surface area contributed by atoms with Crippen molar-refractivity contribution in [3.05, 3.63) is 53.3 Å². The van der Waals surface area contributed by atoms with E-state index in [9.17, 15) is 9.59 Å². The Balaban J connectivity index is 1.64. The van der Waals surface area contributed by atoms with Crippen molar-refractivity contribution in [1.82, 2.24) is 24.5 Å². The van der Waals surface area contributed by atoms with Crippen molar-refractivity contribution in [1.29, 1.82) is 0 Å².